The van der Waals surface area contributed by atoms with Crippen molar-refractivity contribution in [3.8, 4) is 17.2 Å². The largest absolute Gasteiger partial charge is 0.491 e. The second-order valence-corrected chi connectivity index (χ2v) is 6.98. The third-order valence-corrected chi connectivity index (χ3v) is 4.27. The number of nitrogens with zero attached hydrogens (tertiary/aromatic N) is 1. The Morgan fingerprint density at radius 3 is 2.50 bits per heavy atom. The predicted molar refractivity (Wildman–Crippen MR) is 109 cm³/mol. The van der Waals surface area contributed by atoms with Crippen LogP contribution in [0.25, 0.3) is 11.5 Å². The van der Waals surface area contributed by atoms with Crippen LogP contribution in [0.15, 0.2) is 59.0 Å². The molecule has 5 nitrogen and oxygen atoms in total. The number of carbonyl (C=O) groups is 1. The fourth-order valence-corrected chi connectivity index (χ4v) is 2.86. The van der Waals surface area contributed by atoms with Crippen molar-refractivity contribution in [3.05, 3.63) is 71.6 Å². The lowest BCUT2D eigenvalue weighted by molar-refractivity contribution is -0.120. The van der Waals surface area contributed by atoms with E-state index in [9.17, 15) is 4.79 Å². The zero-order valence-electron chi connectivity index (χ0n) is 16.6. The van der Waals surface area contributed by atoms with E-state index in [1.54, 1.807) is 0 Å². The molecular weight excluding hydrogens is 352 g/mol. The lowest BCUT2D eigenvalue weighted by Gasteiger charge is -2.10. The van der Waals surface area contributed by atoms with Crippen molar-refractivity contribution in [1.82, 2.24) is 10.3 Å². The van der Waals surface area contributed by atoms with Gasteiger partial charge in [0, 0.05) is 12.1 Å². The maximum Gasteiger partial charge on any atom is 0.226 e. The van der Waals surface area contributed by atoms with E-state index in [-0.39, 0.29) is 18.4 Å². The second kappa shape index (κ2) is 9.22. The number of hydrogen-bond acceptors (Lipinski definition) is 4. The number of carbonyl (C=O) groups excluding carboxylic acids is 1. The highest BCUT2D eigenvalue weighted by atomic mass is 16.5. The normalized spacial score (nSPS) is 10.9. The Bertz CT molecular complexity index is 899. The SMILES string of the molecule is Cc1oc(-c2ccccc2)nc1CC(=O)NCCc1ccc(OC(C)C)cc1. The molecule has 0 aliphatic carbocycles. The van der Waals surface area contributed by atoms with Gasteiger partial charge in [0.1, 0.15) is 11.5 Å². The van der Waals surface area contributed by atoms with E-state index in [2.05, 4.69) is 10.3 Å². The fourth-order valence-electron chi connectivity index (χ4n) is 2.86. The number of hydrogen-bond donors (Lipinski definition) is 1. The number of aromatic nitrogens is 1. The summed E-state index contributed by atoms with van der Waals surface area (Å²) in [6, 6.07) is 17.7. The van der Waals surface area contributed by atoms with Gasteiger partial charge in [-0.1, -0.05) is 30.3 Å². The van der Waals surface area contributed by atoms with Crippen LogP contribution in [0.1, 0.15) is 30.9 Å². The summed E-state index contributed by atoms with van der Waals surface area (Å²) in [5, 5.41) is 2.95. The van der Waals surface area contributed by atoms with E-state index < -0.39 is 0 Å². The van der Waals surface area contributed by atoms with Crippen LogP contribution in [-0.4, -0.2) is 23.5 Å². The van der Waals surface area contributed by atoms with Gasteiger partial charge in [0.2, 0.25) is 11.8 Å². The van der Waals surface area contributed by atoms with Gasteiger partial charge >= 0.3 is 0 Å². The minimum absolute atomic E-state index is 0.0595. The van der Waals surface area contributed by atoms with Crippen LogP contribution in [0.4, 0.5) is 0 Å². The van der Waals surface area contributed by atoms with E-state index >= 15 is 0 Å². The highest BCUT2D eigenvalue weighted by Gasteiger charge is 2.14. The molecule has 0 aliphatic rings. The molecule has 0 aliphatic heterocycles. The van der Waals surface area contributed by atoms with Crippen LogP contribution in [-0.2, 0) is 17.6 Å². The Hall–Kier alpha value is -3.08. The fraction of sp³-hybridized carbons (Fsp3) is 0.304. The smallest absolute Gasteiger partial charge is 0.226 e. The van der Waals surface area contributed by atoms with Gasteiger partial charge in [-0.15, -0.1) is 0 Å². The predicted octanol–water partition coefficient (Wildman–Crippen LogP) is 4.34. The number of benzene rings is 2. The zero-order valence-corrected chi connectivity index (χ0v) is 16.6. The summed E-state index contributed by atoms with van der Waals surface area (Å²) in [4.78, 5) is 16.7. The molecule has 1 aromatic heterocycles. The Balaban J connectivity index is 1.49. The maximum absolute atomic E-state index is 12.3. The number of amides is 1. The topological polar surface area (TPSA) is 64.4 Å². The summed E-state index contributed by atoms with van der Waals surface area (Å²) in [6.45, 7) is 6.42. The molecule has 1 amide bonds. The van der Waals surface area contributed by atoms with Crippen LogP contribution < -0.4 is 10.1 Å². The Labute approximate surface area is 165 Å². The Morgan fingerprint density at radius 1 is 1.11 bits per heavy atom. The molecule has 0 fully saturated rings. The van der Waals surface area contributed by atoms with Crippen molar-refractivity contribution in [1.29, 1.82) is 0 Å². The summed E-state index contributed by atoms with van der Waals surface area (Å²) in [5.41, 5.74) is 2.73. The Kier molecular flexibility index (Phi) is 6.48. The number of ether oxygens (including phenoxy) is 1. The minimum atomic E-state index is -0.0595. The standard InChI is InChI=1S/C23H26N2O3/c1-16(2)27-20-11-9-18(10-12-20)13-14-24-22(26)15-21-17(3)28-23(25-21)19-7-5-4-6-8-19/h4-12,16H,13-15H2,1-3H3,(H,24,26). The zero-order chi connectivity index (χ0) is 19.9. The van der Waals surface area contributed by atoms with Gasteiger partial charge in [-0.3, -0.25) is 4.79 Å². The summed E-state index contributed by atoms with van der Waals surface area (Å²) in [7, 11) is 0. The summed E-state index contributed by atoms with van der Waals surface area (Å²) in [6.07, 6.45) is 1.14. The highest BCUT2D eigenvalue weighted by molar-refractivity contribution is 5.78. The van der Waals surface area contributed by atoms with Gasteiger partial charge in [0.25, 0.3) is 0 Å². The van der Waals surface area contributed by atoms with E-state index in [4.69, 9.17) is 9.15 Å². The molecule has 146 valence electrons. The van der Waals surface area contributed by atoms with E-state index in [0.29, 0.717) is 23.9 Å². The third kappa shape index (κ3) is 5.46. The minimum Gasteiger partial charge on any atom is -0.491 e. The molecule has 0 bridgehead atoms. The van der Waals surface area contributed by atoms with Crippen molar-refractivity contribution in [3.63, 3.8) is 0 Å². The molecule has 0 unspecified atom stereocenters. The number of oxazole rings is 1. The van der Waals surface area contributed by atoms with Crippen molar-refractivity contribution in [2.45, 2.75) is 39.7 Å². The van der Waals surface area contributed by atoms with Gasteiger partial charge in [0.05, 0.1) is 18.2 Å². The van der Waals surface area contributed by atoms with Crippen LogP contribution in [0.3, 0.4) is 0 Å². The van der Waals surface area contributed by atoms with Crippen LogP contribution in [0.2, 0.25) is 0 Å². The van der Waals surface area contributed by atoms with Crippen molar-refractivity contribution >= 4 is 5.91 Å². The van der Waals surface area contributed by atoms with Crippen LogP contribution in [0.5, 0.6) is 5.75 Å². The second-order valence-electron chi connectivity index (χ2n) is 6.98. The highest BCUT2D eigenvalue weighted by Crippen LogP contribution is 2.21. The van der Waals surface area contributed by atoms with Crippen LogP contribution in [0, 0.1) is 6.92 Å². The molecule has 3 aromatic rings. The van der Waals surface area contributed by atoms with E-state index in [0.717, 1.165) is 23.3 Å². The van der Waals surface area contributed by atoms with E-state index in [1.165, 1.54) is 0 Å². The first-order valence-electron chi connectivity index (χ1n) is 9.55. The van der Waals surface area contributed by atoms with Gasteiger partial charge in [-0.25, -0.2) is 4.98 Å². The maximum atomic E-state index is 12.3. The van der Waals surface area contributed by atoms with Gasteiger partial charge in [-0.2, -0.15) is 0 Å². The number of aryl methyl sites for hydroxylation is 1. The molecule has 1 heterocycles. The molecule has 0 saturated heterocycles. The van der Waals surface area contributed by atoms with Crippen LogP contribution >= 0.6 is 0 Å². The number of rotatable bonds is 8. The van der Waals surface area contributed by atoms with Gasteiger partial charge < -0.3 is 14.5 Å². The molecule has 5 heteroatoms. The molecule has 0 radical (unpaired) electrons. The van der Waals surface area contributed by atoms with Gasteiger partial charge in [0.15, 0.2) is 0 Å². The lowest BCUT2D eigenvalue weighted by atomic mass is 10.1. The average Bonchev–Trinajstić information content (AvgIpc) is 3.04. The summed E-state index contributed by atoms with van der Waals surface area (Å²) < 4.78 is 11.3. The van der Waals surface area contributed by atoms with Crippen molar-refractivity contribution < 1.29 is 13.9 Å². The third-order valence-electron chi connectivity index (χ3n) is 4.27. The summed E-state index contributed by atoms with van der Waals surface area (Å²) in [5.74, 6) is 2.02. The molecular formula is C23H26N2O3. The quantitative estimate of drug-likeness (QED) is 0.633. The Morgan fingerprint density at radius 2 is 1.82 bits per heavy atom. The molecule has 0 saturated carbocycles. The van der Waals surface area contributed by atoms with E-state index in [1.807, 2.05) is 75.4 Å². The molecule has 1 N–H and O–H groups in total. The molecule has 0 atom stereocenters. The average molecular weight is 378 g/mol. The summed E-state index contributed by atoms with van der Waals surface area (Å²) >= 11 is 0. The number of nitrogens with one attached hydrogen (secondary N) is 1. The van der Waals surface area contributed by atoms with Gasteiger partial charge in [-0.05, 0) is 57.0 Å². The molecule has 2 aromatic carbocycles. The first-order valence-corrected chi connectivity index (χ1v) is 9.55. The van der Waals surface area contributed by atoms with Crippen molar-refractivity contribution in [2.75, 3.05) is 6.54 Å². The lowest BCUT2D eigenvalue weighted by Crippen LogP contribution is -2.27. The monoisotopic (exact) mass is 378 g/mol. The first-order chi connectivity index (χ1) is 13.5. The molecule has 0 spiro atoms. The first kappa shape index (κ1) is 19.7. The molecule has 28 heavy (non-hydrogen) atoms. The molecule has 3 rings (SSSR count). The van der Waals surface area contributed by atoms with Crippen molar-refractivity contribution in [2.24, 2.45) is 0 Å².